The predicted octanol–water partition coefficient (Wildman–Crippen LogP) is 2.76. The van der Waals surface area contributed by atoms with Crippen LogP contribution in [0.3, 0.4) is 0 Å². The van der Waals surface area contributed by atoms with Crippen LogP contribution in [0.4, 0.5) is 0 Å². The Labute approximate surface area is 195 Å². The standard InChI is InChI=1S/C25H49N5O2/c1-22(2,3)25(7)18-24(25,6)17-23(4,5)19-16-20(31)30(21(19)32)15-14-29-13-12-28-11-10-27-9-8-26/h16,27-29,31-32H,8-15,17-18,26H2,1-7H3. The second-order valence-electron chi connectivity index (χ2n) is 11.8. The summed E-state index contributed by atoms with van der Waals surface area (Å²) in [6, 6.07) is 1.76. The van der Waals surface area contributed by atoms with Crippen molar-refractivity contribution in [3.63, 3.8) is 0 Å². The number of hydrogen-bond acceptors (Lipinski definition) is 6. The minimum Gasteiger partial charge on any atom is -0.494 e. The van der Waals surface area contributed by atoms with E-state index in [4.69, 9.17) is 5.73 Å². The predicted molar refractivity (Wildman–Crippen MR) is 133 cm³/mol. The second-order valence-corrected chi connectivity index (χ2v) is 11.8. The first kappa shape index (κ1) is 27.0. The lowest BCUT2D eigenvalue weighted by Crippen LogP contribution is -2.34. The molecular formula is C25H49N5O2. The molecule has 0 bridgehead atoms. The van der Waals surface area contributed by atoms with Gasteiger partial charge in [-0.25, -0.2) is 0 Å². The first-order valence-corrected chi connectivity index (χ1v) is 12.2. The highest BCUT2D eigenvalue weighted by atomic mass is 16.3. The summed E-state index contributed by atoms with van der Waals surface area (Å²) >= 11 is 0. The quantitative estimate of drug-likeness (QED) is 0.243. The Kier molecular flexibility index (Phi) is 8.70. The van der Waals surface area contributed by atoms with Crippen molar-refractivity contribution < 1.29 is 10.2 Å². The molecular weight excluding hydrogens is 402 g/mol. The van der Waals surface area contributed by atoms with Crippen molar-refractivity contribution in [2.75, 3.05) is 45.8 Å². The van der Waals surface area contributed by atoms with Gasteiger partial charge < -0.3 is 31.9 Å². The van der Waals surface area contributed by atoms with E-state index in [9.17, 15) is 10.2 Å². The Bertz CT molecular complexity index is 739. The second kappa shape index (κ2) is 10.3. The average Bonchev–Trinajstić information content (AvgIpc) is 3.10. The summed E-state index contributed by atoms with van der Waals surface area (Å²) in [4.78, 5) is 0. The van der Waals surface area contributed by atoms with Gasteiger partial charge in [-0.05, 0) is 34.5 Å². The summed E-state index contributed by atoms with van der Waals surface area (Å²) in [6.07, 6.45) is 2.18. The van der Waals surface area contributed by atoms with Crippen molar-refractivity contribution in [3.05, 3.63) is 11.6 Å². The zero-order valence-electron chi connectivity index (χ0n) is 21.6. The van der Waals surface area contributed by atoms with E-state index in [1.807, 2.05) is 0 Å². The van der Waals surface area contributed by atoms with Gasteiger partial charge in [0.15, 0.2) is 11.8 Å². The van der Waals surface area contributed by atoms with Gasteiger partial charge in [0.05, 0.1) is 0 Å². The molecule has 1 heterocycles. The first-order chi connectivity index (χ1) is 14.8. The smallest absolute Gasteiger partial charge is 0.197 e. The van der Waals surface area contributed by atoms with E-state index in [-0.39, 0.29) is 33.4 Å². The summed E-state index contributed by atoms with van der Waals surface area (Å²) in [6.45, 7) is 22.4. The molecule has 7 N–H and O–H groups in total. The van der Waals surface area contributed by atoms with Crippen LogP contribution in [-0.2, 0) is 12.0 Å². The Balaban J connectivity index is 1.86. The number of nitrogens with one attached hydrogen (secondary N) is 3. The molecule has 0 spiro atoms. The average molecular weight is 452 g/mol. The molecule has 1 aromatic rings. The fourth-order valence-corrected chi connectivity index (χ4v) is 5.50. The maximum Gasteiger partial charge on any atom is 0.197 e. The van der Waals surface area contributed by atoms with Crippen LogP contribution in [0.15, 0.2) is 6.07 Å². The summed E-state index contributed by atoms with van der Waals surface area (Å²) in [5, 5.41) is 31.4. The molecule has 0 aromatic carbocycles. The third-order valence-electron chi connectivity index (χ3n) is 8.00. The van der Waals surface area contributed by atoms with Crippen molar-refractivity contribution in [2.24, 2.45) is 22.0 Å². The summed E-state index contributed by atoms with van der Waals surface area (Å²) in [7, 11) is 0. The minimum atomic E-state index is -0.222. The Morgan fingerprint density at radius 2 is 1.47 bits per heavy atom. The molecule has 186 valence electrons. The molecule has 32 heavy (non-hydrogen) atoms. The van der Waals surface area contributed by atoms with Gasteiger partial charge in [0, 0.05) is 64.0 Å². The molecule has 7 heteroatoms. The van der Waals surface area contributed by atoms with Gasteiger partial charge in [0.2, 0.25) is 0 Å². The molecule has 7 nitrogen and oxygen atoms in total. The molecule has 2 unspecified atom stereocenters. The minimum absolute atomic E-state index is 0.135. The van der Waals surface area contributed by atoms with E-state index in [2.05, 4.69) is 64.4 Å². The Morgan fingerprint density at radius 1 is 0.938 bits per heavy atom. The third kappa shape index (κ3) is 5.99. The van der Waals surface area contributed by atoms with Crippen molar-refractivity contribution in [1.29, 1.82) is 0 Å². The fraction of sp³-hybridized carbons (Fsp3) is 0.840. The molecule has 1 aromatic heterocycles. The van der Waals surface area contributed by atoms with Crippen molar-refractivity contribution in [3.8, 4) is 11.8 Å². The summed E-state index contributed by atoms with van der Waals surface area (Å²) in [5.41, 5.74) is 6.82. The van der Waals surface area contributed by atoms with E-state index in [0.717, 1.165) is 44.7 Å². The van der Waals surface area contributed by atoms with Crippen LogP contribution < -0.4 is 21.7 Å². The van der Waals surface area contributed by atoms with Gasteiger partial charge in [-0.3, -0.25) is 4.57 Å². The van der Waals surface area contributed by atoms with E-state index < -0.39 is 0 Å². The van der Waals surface area contributed by atoms with Crippen LogP contribution in [0.1, 0.15) is 66.9 Å². The largest absolute Gasteiger partial charge is 0.494 e. The number of nitrogens with zero attached hydrogens (tertiary/aromatic N) is 1. The highest BCUT2D eigenvalue weighted by Crippen LogP contribution is 2.74. The molecule has 1 fully saturated rings. The molecule has 1 aliphatic carbocycles. The lowest BCUT2D eigenvalue weighted by atomic mass is 9.68. The summed E-state index contributed by atoms with van der Waals surface area (Å²) in [5.74, 6) is 0.330. The Morgan fingerprint density at radius 3 is 1.97 bits per heavy atom. The van der Waals surface area contributed by atoms with E-state index in [1.165, 1.54) is 6.42 Å². The molecule has 0 saturated heterocycles. The number of nitrogens with two attached hydrogens (primary N) is 1. The normalized spacial score (nSPS) is 23.6. The zero-order valence-corrected chi connectivity index (χ0v) is 21.6. The van der Waals surface area contributed by atoms with Crippen molar-refractivity contribution in [1.82, 2.24) is 20.5 Å². The molecule has 0 aliphatic heterocycles. The summed E-state index contributed by atoms with van der Waals surface area (Å²) < 4.78 is 1.62. The molecule has 0 amide bonds. The van der Waals surface area contributed by atoms with Crippen LogP contribution in [-0.4, -0.2) is 60.6 Å². The van der Waals surface area contributed by atoms with Gasteiger partial charge in [0.25, 0.3) is 0 Å². The van der Waals surface area contributed by atoms with Crippen molar-refractivity contribution >= 4 is 0 Å². The van der Waals surface area contributed by atoms with Gasteiger partial charge in [-0.2, -0.15) is 0 Å². The van der Waals surface area contributed by atoms with Gasteiger partial charge >= 0.3 is 0 Å². The van der Waals surface area contributed by atoms with Crippen LogP contribution in [0.5, 0.6) is 11.8 Å². The van der Waals surface area contributed by atoms with E-state index in [1.54, 1.807) is 10.6 Å². The maximum atomic E-state index is 10.9. The lowest BCUT2D eigenvalue weighted by molar-refractivity contribution is 0.156. The number of aromatic nitrogens is 1. The van der Waals surface area contributed by atoms with Gasteiger partial charge in [-0.15, -0.1) is 0 Å². The number of rotatable bonds is 14. The number of hydrogen-bond donors (Lipinski definition) is 6. The first-order valence-electron chi connectivity index (χ1n) is 12.2. The lowest BCUT2D eigenvalue weighted by Gasteiger charge is -2.36. The molecule has 1 saturated carbocycles. The molecule has 1 aliphatic rings. The van der Waals surface area contributed by atoms with Crippen LogP contribution in [0.2, 0.25) is 0 Å². The molecule has 0 radical (unpaired) electrons. The molecule has 2 atom stereocenters. The van der Waals surface area contributed by atoms with Gasteiger partial charge in [-0.1, -0.05) is 48.5 Å². The Hall–Kier alpha value is -1.28. The third-order valence-corrected chi connectivity index (χ3v) is 8.00. The molecule has 2 rings (SSSR count). The topological polar surface area (TPSA) is 108 Å². The highest BCUT2D eigenvalue weighted by molar-refractivity contribution is 5.41. The van der Waals surface area contributed by atoms with Crippen LogP contribution >= 0.6 is 0 Å². The van der Waals surface area contributed by atoms with Crippen molar-refractivity contribution in [2.45, 2.75) is 73.3 Å². The van der Waals surface area contributed by atoms with Crippen LogP contribution in [0.25, 0.3) is 0 Å². The highest BCUT2D eigenvalue weighted by Gasteiger charge is 2.66. The van der Waals surface area contributed by atoms with E-state index in [0.29, 0.717) is 19.6 Å². The van der Waals surface area contributed by atoms with Gasteiger partial charge in [0.1, 0.15) is 0 Å². The maximum absolute atomic E-state index is 10.9. The number of aromatic hydroxyl groups is 2. The zero-order chi connectivity index (χ0) is 24.2. The van der Waals surface area contributed by atoms with E-state index >= 15 is 0 Å². The monoisotopic (exact) mass is 451 g/mol. The van der Waals surface area contributed by atoms with Crippen LogP contribution in [0, 0.1) is 16.2 Å². The fourth-order valence-electron chi connectivity index (χ4n) is 5.50. The SMILES string of the molecule is CC(C)(CC1(C)CC1(C)C(C)(C)C)c1cc(O)n(CCNCCNCCNCCN)c1O.